The van der Waals surface area contributed by atoms with Crippen LogP contribution in [0.2, 0.25) is 0 Å². The third kappa shape index (κ3) is 5.00. The van der Waals surface area contributed by atoms with E-state index in [1.165, 1.54) is 30.3 Å². The summed E-state index contributed by atoms with van der Waals surface area (Å²) in [4.78, 5) is 16.1. The second-order valence-electron chi connectivity index (χ2n) is 5.79. The van der Waals surface area contributed by atoms with Crippen LogP contribution in [0.4, 0.5) is 18.9 Å². The van der Waals surface area contributed by atoms with E-state index in [2.05, 4.69) is 15.8 Å². The maximum Gasteiger partial charge on any atom is 0.418 e. The number of alkyl halides is 3. The van der Waals surface area contributed by atoms with Crippen molar-refractivity contribution in [2.75, 3.05) is 5.43 Å². The lowest BCUT2D eigenvalue weighted by Gasteiger charge is -2.15. The topological polar surface area (TPSA) is 63.2 Å². The number of para-hydroxylation sites is 1. The second kappa shape index (κ2) is 8.43. The first kappa shape index (κ1) is 19.2. The van der Waals surface area contributed by atoms with Gasteiger partial charge in [0.25, 0.3) is 5.91 Å². The highest BCUT2D eigenvalue weighted by Gasteiger charge is 2.33. The molecule has 0 atom stereocenters. The van der Waals surface area contributed by atoms with Gasteiger partial charge in [-0.25, -0.2) is 0 Å². The molecule has 0 saturated carbocycles. The number of hydrogen-bond donors (Lipinski definition) is 2. The molecule has 2 aromatic carbocycles. The van der Waals surface area contributed by atoms with E-state index in [9.17, 15) is 18.0 Å². The molecule has 3 rings (SSSR count). The number of pyridine rings is 1. The Hall–Kier alpha value is -3.55. The predicted molar refractivity (Wildman–Crippen MR) is 97.5 cm³/mol. The first-order valence-corrected chi connectivity index (χ1v) is 8.28. The highest BCUT2D eigenvalue weighted by molar-refractivity contribution is 5.95. The average molecular weight is 387 g/mol. The number of benzene rings is 2. The van der Waals surface area contributed by atoms with E-state index in [1.54, 1.807) is 24.5 Å². The molecule has 2 N–H and O–H groups in total. The first-order chi connectivity index (χ1) is 13.4. The van der Waals surface area contributed by atoms with Crippen LogP contribution in [-0.4, -0.2) is 10.9 Å². The zero-order valence-corrected chi connectivity index (χ0v) is 14.5. The van der Waals surface area contributed by atoms with Crippen LogP contribution >= 0.6 is 0 Å². The maximum atomic E-state index is 13.0. The molecule has 28 heavy (non-hydrogen) atoms. The number of amides is 1. The Labute approximate surface area is 159 Å². The van der Waals surface area contributed by atoms with Crippen molar-refractivity contribution in [3.05, 3.63) is 89.7 Å². The zero-order chi connectivity index (χ0) is 20.0. The highest BCUT2D eigenvalue weighted by Crippen LogP contribution is 2.34. The second-order valence-corrected chi connectivity index (χ2v) is 5.79. The molecule has 1 amide bonds. The monoisotopic (exact) mass is 387 g/mol. The molecule has 0 spiro atoms. The smallest absolute Gasteiger partial charge is 0.418 e. The van der Waals surface area contributed by atoms with Gasteiger partial charge < -0.3 is 4.74 Å². The van der Waals surface area contributed by atoms with Gasteiger partial charge in [-0.3, -0.25) is 20.6 Å². The third-order valence-electron chi connectivity index (χ3n) is 3.81. The van der Waals surface area contributed by atoms with Crippen molar-refractivity contribution >= 4 is 11.6 Å². The fraction of sp³-hybridized carbons (Fsp3) is 0.100. The standard InChI is InChI=1S/C20H16F3N3O2/c21-20(22,23)17-3-1-2-4-18(17)25-26-19(27)15-5-7-16(8-6-15)28-13-14-9-11-24-12-10-14/h1-12,25H,13H2,(H,26,27). The van der Waals surface area contributed by atoms with Crippen LogP contribution in [-0.2, 0) is 12.8 Å². The van der Waals surface area contributed by atoms with Gasteiger partial charge in [0.15, 0.2) is 0 Å². The van der Waals surface area contributed by atoms with Crippen LogP contribution < -0.4 is 15.6 Å². The minimum atomic E-state index is -4.53. The Kier molecular flexibility index (Phi) is 5.78. The Morgan fingerprint density at radius 1 is 0.964 bits per heavy atom. The van der Waals surface area contributed by atoms with Gasteiger partial charge in [-0.15, -0.1) is 0 Å². The number of ether oxygens (including phenoxy) is 1. The summed E-state index contributed by atoms with van der Waals surface area (Å²) in [5, 5.41) is 0. The van der Waals surface area contributed by atoms with Gasteiger partial charge >= 0.3 is 6.18 Å². The van der Waals surface area contributed by atoms with Crippen molar-refractivity contribution in [2.45, 2.75) is 12.8 Å². The van der Waals surface area contributed by atoms with E-state index in [4.69, 9.17) is 4.74 Å². The van der Waals surface area contributed by atoms with Gasteiger partial charge in [-0.2, -0.15) is 13.2 Å². The summed E-state index contributed by atoms with van der Waals surface area (Å²) in [5.74, 6) is -0.0126. The molecule has 1 aromatic heterocycles. The van der Waals surface area contributed by atoms with Crippen molar-refractivity contribution in [3.63, 3.8) is 0 Å². The molecular weight excluding hydrogens is 371 g/mol. The number of nitrogens with zero attached hydrogens (tertiary/aromatic N) is 1. The van der Waals surface area contributed by atoms with E-state index in [1.807, 2.05) is 12.1 Å². The summed E-state index contributed by atoms with van der Waals surface area (Å²) < 4.78 is 44.5. The van der Waals surface area contributed by atoms with Crippen LogP contribution in [0.25, 0.3) is 0 Å². The number of halogens is 3. The summed E-state index contributed by atoms with van der Waals surface area (Å²) in [6, 6.07) is 14.8. The Bertz CT molecular complexity index is 929. The molecule has 5 nitrogen and oxygen atoms in total. The first-order valence-electron chi connectivity index (χ1n) is 8.28. The third-order valence-corrected chi connectivity index (χ3v) is 3.81. The van der Waals surface area contributed by atoms with Crippen LogP contribution in [0.15, 0.2) is 73.1 Å². The lowest BCUT2D eigenvalue weighted by molar-refractivity contribution is -0.137. The number of carbonyl (C=O) groups excluding carboxylic acids is 1. The summed E-state index contributed by atoms with van der Waals surface area (Å²) >= 11 is 0. The van der Waals surface area contributed by atoms with E-state index in [0.29, 0.717) is 12.4 Å². The molecule has 3 aromatic rings. The van der Waals surface area contributed by atoms with Crippen molar-refractivity contribution < 1.29 is 22.7 Å². The number of aromatic nitrogens is 1. The summed E-state index contributed by atoms with van der Waals surface area (Å²) in [6.07, 6.45) is -1.20. The summed E-state index contributed by atoms with van der Waals surface area (Å²) in [6.45, 7) is 0.351. The number of anilines is 1. The number of hydrazine groups is 1. The fourth-order valence-electron chi connectivity index (χ4n) is 2.38. The van der Waals surface area contributed by atoms with E-state index in [-0.39, 0.29) is 11.3 Å². The van der Waals surface area contributed by atoms with Gasteiger partial charge in [0, 0.05) is 18.0 Å². The number of rotatable bonds is 6. The van der Waals surface area contributed by atoms with Crippen LogP contribution in [0, 0.1) is 0 Å². The largest absolute Gasteiger partial charge is 0.489 e. The lowest BCUT2D eigenvalue weighted by Crippen LogP contribution is -2.30. The van der Waals surface area contributed by atoms with E-state index >= 15 is 0 Å². The van der Waals surface area contributed by atoms with E-state index < -0.39 is 17.6 Å². The molecule has 144 valence electrons. The molecule has 8 heteroatoms. The molecule has 0 unspecified atom stereocenters. The van der Waals surface area contributed by atoms with Gasteiger partial charge in [0.1, 0.15) is 12.4 Å². The molecule has 0 fully saturated rings. The Morgan fingerprint density at radius 3 is 2.32 bits per heavy atom. The van der Waals surface area contributed by atoms with Gasteiger partial charge in [-0.1, -0.05) is 12.1 Å². The Morgan fingerprint density at radius 2 is 1.64 bits per heavy atom. The van der Waals surface area contributed by atoms with Gasteiger partial charge in [0.2, 0.25) is 0 Å². The number of carbonyl (C=O) groups is 1. The number of nitrogens with one attached hydrogen (secondary N) is 2. The van der Waals surface area contributed by atoms with Gasteiger partial charge in [-0.05, 0) is 54.1 Å². The SMILES string of the molecule is O=C(NNc1ccccc1C(F)(F)F)c1ccc(OCc2ccncc2)cc1. The normalized spacial score (nSPS) is 11.0. The zero-order valence-electron chi connectivity index (χ0n) is 14.5. The van der Waals surface area contributed by atoms with Crippen LogP contribution in [0.3, 0.4) is 0 Å². The molecular formula is C20H16F3N3O2. The number of hydrogen-bond acceptors (Lipinski definition) is 4. The summed E-state index contributed by atoms with van der Waals surface area (Å²) in [5.41, 5.74) is 4.71. The molecule has 1 heterocycles. The molecule has 0 aliphatic heterocycles. The van der Waals surface area contributed by atoms with Crippen molar-refractivity contribution in [1.29, 1.82) is 0 Å². The van der Waals surface area contributed by atoms with Gasteiger partial charge in [0.05, 0.1) is 11.3 Å². The molecule has 0 aliphatic rings. The van der Waals surface area contributed by atoms with Crippen LogP contribution in [0.1, 0.15) is 21.5 Å². The van der Waals surface area contributed by atoms with Crippen molar-refractivity contribution in [1.82, 2.24) is 10.4 Å². The summed E-state index contributed by atoms with van der Waals surface area (Å²) in [7, 11) is 0. The van der Waals surface area contributed by atoms with Crippen molar-refractivity contribution in [2.24, 2.45) is 0 Å². The molecule has 0 aliphatic carbocycles. The molecule has 0 saturated heterocycles. The molecule has 0 radical (unpaired) electrons. The fourth-order valence-corrected chi connectivity index (χ4v) is 2.38. The minimum absolute atomic E-state index is 0.236. The van der Waals surface area contributed by atoms with Crippen LogP contribution in [0.5, 0.6) is 5.75 Å². The quantitative estimate of drug-likeness (QED) is 0.614. The molecule has 0 bridgehead atoms. The average Bonchev–Trinajstić information content (AvgIpc) is 2.71. The van der Waals surface area contributed by atoms with Crippen molar-refractivity contribution in [3.8, 4) is 5.75 Å². The Balaban J connectivity index is 1.58. The minimum Gasteiger partial charge on any atom is -0.489 e. The maximum absolute atomic E-state index is 13.0. The van der Waals surface area contributed by atoms with E-state index in [0.717, 1.165) is 11.6 Å². The lowest BCUT2D eigenvalue weighted by atomic mass is 10.2. The predicted octanol–water partition coefficient (Wildman–Crippen LogP) is 4.44. The highest BCUT2D eigenvalue weighted by atomic mass is 19.4.